The van der Waals surface area contributed by atoms with Crippen LogP contribution in [0.25, 0.3) is 4.96 Å². The molecule has 0 aliphatic carbocycles. The van der Waals surface area contributed by atoms with Gasteiger partial charge < -0.3 is 10.1 Å². The van der Waals surface area contributed by atoms with E-state index in [2.05, 4.69) is 46.6 Å². The quantitative estimate of drug-likeness (QED) is 0.515. The molecular weight excluding hydrogens is 344 g/mol. The smallest absolute Gasteiger partial charge is 0.275 e. The van der Waals surface area contributed by atoms with Crippen molar-refractivity contribution in [2.24, 2.45) is 0 Å². The van der Waals surface area contributed by atoms with E-state index in [0.29, 0.717) is 10.1 Å². The zero-order valence-electron chi connectivity index (χ0n) is 13.4. The van der Waals surface area contributed by atoms with Crippen molar-refractivity contribution >= 4 is 33.2 Å². The lowest BCUT2D eigenvalue weighted by Crippen LogP contribution is -2.13. The first kappa shape index (κ1) is 16.9. The number of thioether (sulfide) groups is 1. The number of rotatable bonds is 7. The average Bonchev–Trinajstić information content (AvgIpc) is 2.99. The predicted octanol–water partition coefficient (Wildman–Crippen LogP) is 3.06. The third-order valence-electron chi connectivity index (χ3n) is 3.45. The molecule has 0 fully saturated rings. The van der Waals surface area contributed by atoms with E-state index in [1.807, 2.05) is 0 Å². The molecule has 0 radical (unpaired) electrons. The first-order chi connectivity index (χ1) is 11.7. The van der Waals surface area contributed by atoms with Crippen LogP contribution in [-0.4, -0.2) is 34.1 Å². The molecule has 0 amide bonds. The SMILES string of the molecule is COCCSc1ccc(C(C)Nc2nn3c(=O)ccnc3s2)cc1. The van der Waals surface area contributed by atoms with Crippen LogP contribution in [0.1, 0.15) is 18.5 Å². The molecule has 0 spiro atoms. The molecule has 1 atom stereocenters. The Hall–Kier alpha value is -1.90. The maximum atomic E-state index is 11.7. The first-order valence-corrected chi connectivity index (χ1v) is 9.30. The summed E-state index contributed by atoms with van der Waals surface area (Å²) < 4.78 is 6.37. The lowest BCUT2D eigenvalue weighted by molar-refractivity contribution is 0.218. The van der Waals surface area contributed by atoms with Crippen LogP contribution in [0.2, 0.25) is 0 Å². The lowest BCUT2D eigenvalue weighted by Gasteiger charge is -2.13. The summed E-state index contributed by atoms with van der Waals surface area (Å²) in [5.41, 5.74) is 0.986. The maximum absolute atomic E-state index is 11.7. The molecule has 8 heteroatoms. The van der Waals surface area contributed by atoms with Crippen LogP contribution in [0.3, 0.4) is 0 Å². The topological polar surface area (TPSA) is 68.5 Å². The Morgan fingerprint density at radius 2 is 2.12 bits per heavy atom. The predicted molar refractivity (Wildman–Crippen MR) is 98.2 cm³/mol. The summed E-state index contributed by atoms with van der Waals surface area (Å²) in [4.78, 5) is 17.7. The number of methoxy groups -OCH3 is 1. The standard InChI is InChI=1S/C16H18N4O2S2/c1-11(12-3-5-13(6-4-12)23-10-9-22-2)18-15-19-20-14(21)7-8-17-16(20)24-15/h3-8,11H,9-10H2,1-2H3,(H,18,19). The Bertz CT molecular complexity index is 860. The van der Waals surface area contributed by atoms with E-state index in [0.717, 1.165) is 17.9 Å². The maximum Gasteiger partial charge on any atom is 0.275 e. The van der Waals surface area contributed by atoms with Crippen molar-refractivity contribution in [2.45, 2.75) is 17.9 Å². The molecule has 0 saturated heterocycles. The Kier molecular flexibility index (Phi) is 5.49. The van der Waals surface area contributed by atoms with Crippen molar-refractivity contribution in [2.75, 3.05) is 24.8 Å². The van der Waals surface area contributed by atoms with Gasteiger partial charge in [0.05, 0.1) is 12.6 Å². The van der Waals surface area contributed by atoms with Gasteiger partial charge in [-0.25, -0.2) is 4.98 Å². The monoisotopic (exact) mass is 362 g/mol. The number of nitrogens with zero attached hydrogens (tertiary/aromatic N) is 3. The minimum Gasteiger partial charge on any atom is -0.384 e. The third kappa shape index (κ3) is 3.95. The summed E-state index contributed by atoms with van der Waals surface area (Å²) in [5.74, 6) is 0.942. The fourth-order valence-electron chi connectivity index (χ4n) is 2.17. The van der Waals surface area contributed by atoms with E-state index in [9.17, 15) is 4.79 Å². The Morgan fingerprint density at radius 1 is 1.33 bits per heavy atom. The van der Waals surface area contributed by atoms with E-state index in [4.69, 9.17) is 4.74 Å². The molecule has 6 nitrogen and oxygen atoms in total. The highest BCUT2D eigenvalue weighted by Gasteiger charge is 2.10. The number of ether oxygens (including phenoxy) is 1. The van der Waals surface area contributed by atoms with Crippen LogP contribution in [0, 0.1) is 0 Å². The zero-order chi connectivity index (χ0) is 16.9. The number of aromatic nitrogens is 3. The second-order valence-corrected chi connectivity index (χ2v) is 7.29. The van der Waals surface area contributed by atoms with Crippen LogP contribution >= 0.6 is 23.1 Å². The highest BCUT2D eigenvalue weighted by Crippen LogP contribution is 2.25. The molecule has 2 aromatic heterocycles. The summed E-state index contributed by atoms with van der Waals surface area (Å²) >= 11 is 3.13. The average molecular weight is 362 g/mol. The minimum absolute atomic E-state index is 0.0827. The van der Waals surface area contributed by atoms with Gasteiger partial charge in [-0.2, -0.15) is 4.52 Å². The summed E-state index contributed by atoms with van der Waals surface area (Å²) in [5, 5.41) is 8.28. The molecule has 0 bridgehead atoms. The number of hydrogen-bond acceptors (Lipinski definition) is 7. The van der Waals surface area contributed by atoms with Crippen molar-refractivity contribution in [1.82, 2.24) is 14.6 Å². The summed E-state index contributed by atoms with van der Waals surface area (Å²) in [7, 11) is 1.71. The van der Waals surface area contributed by atoms with Gasteiger partial charge in [-0.3, -0.25) is 4.79 Å². The van der Waals surface area contributed by atoms with Crippen LogP contribution < -0.4 is 10.9 Å². The van der Waals surface area contributed by atoms with Gasteiger partial charge in [0.1, 0.15) is 0 Å². The minimum atomic E-state index is -0.172. The lowest BCUT2D eigenvalue weighted by atomic mass is 10.1. The van der Waals surface area contributed by atoms with E-state index >= 15 is 0 Å². The summed E-state index contributed by atoms with van der Waals surface area (Å²) in [6, 6.07) is 9.91. The molecule has 0 aliphatic rings. The Morgan fingerprint density at radius 3 is 2.83 bits per heavy atom. The summed E-state index contributed by atoms with van der Waals surface area (Å²) in [6.45, 7) is 2.81. The van der Waals surface area contributed by atoms with Crippen molar-refractivity contribution in [3.8, 4) is 0 Å². The second kappa shape index (κ2) is 7.78. The van der Waals surface area contributed by atoms with Gasteiger partial charge in [0.2, 0.25) is 10.1 Å². The number of anilines is 1. The van der Waals surface area contributed by atoms with Gasteiger partial charge in [0, 0.05) is 30.0 Å². The number of benzene rings is 1. The van der Waals surface area contributed by atoms with Crippen molar-refractivity contribution in [3.05, 3.63) is 52.4 Å². The number of nitrogens with one attached hydrogen (secondary N) is 1. The molecule has 3 rings (SSSR count). The Balaban J connectivity index is 1.68. The third-order valence-corrected chi connectivity index (χ3v) is 5.28. The largest absolute Gasteiger partial charge is 0.384 e. The van der Waals surface area contributed by atoms with E-state index in [-0.39, 0.29) is 11.6 Å². The van der Waals surface area contributed by atoms with Gasteiger partial charge in [-0.1, -0.05) is 23.5 Å². The molecule has 24 heavy (non-hydrogen) atoms. The zero-order valence-corrected chi connectivity index (χ0v) is 15.1. The first-order valence-electron chi connectivity index (χ1n) is 7.50. The molecule has 126 valence electrons. The Labute approximate surface area is 147 Å². The van der Waals surface area contributed by atoms with Gasteiger partial charge in [-0.05, 0) is 24.6 Å². The number of fused-ring (bicyclic) bond motifs is 1. The van der Waals surface area contributed by atoms with Crippen LogP contribution in [0.4, 0.5) is 5.13 Å². The van der Waals surface area contributed by atoms with E-state index < -0.39 is 0 Å². The van der Waals surface area contributed by atoms with Crippen LogP contribution in [-0.2, 0) is 4.74 Å². The van der Waals surface area contributed by atoms with Crippen LogP contribution in [0.15, 0.2) is 46.2 Å². The molecule has 2 heterocycles. The van der Waals surface area contributed by atoms with E-state index in [1.54, 1.807) is 18.9 Å². The van der Waals surface area contributed by atoms with Crippen molar-refractivity contribution in [1.29, 1.82) is 0 Å². The number of hydrogen-bond donors (Lipinski definition) is 1. The highest BCUT2D eigenvalue weighted by atomic mass is 32.2. The van der Waals surface area contributed by atoms with E-state index in [1.165, 1.54) is 33.0 Å². The molecule has 0 aliphatic heterocycles. The van der Waals surface area contributed by atoms with Gasteiger partial charge >= 0.3 is 0 Å². The van der Waals surface area contributed by atoms with Crippen molar-refractivity contribution < 1.29 is 4.74 Å². The van der Waals surface area contributed by atoms with Crippen molar-refractivity contribution in [3.63, 3.8) is 0 Å². The molecule has 1 aromatic carbocycles. The molecule has 0 saturated carbocycles. The molecule has 1 N–H and O–H groups in total. The summed E-state index contributed by atoms with van der Waals surface area (Å²) in [6.07, 6.45) is 1.50. The fraction of sp³-hybridized carbons (Fsp3) is 0.312. The molecular formula is C16H18N4O2S2. The van der Waals surface area contributed by atoms with Gasteiger partial charge in [0.25, 0.3) is 5.56 Å². The normalized spacial score (nSPS) is 12.4. The van der Waals surface area contributed by atoms with Crippen LogP contribution in [0.5, 0.6) is 0 Å². The highest BCUT2D eigenvalue weighted by molar-refractivity contribution is 7.99. The van der Waals surface area contributed by atoms with Gasteiger partial charge in [0.15, 0.2) is 0 Å². The fourth-order valence-corrected chi connectivity index (χ4v) is 3.84. The molecule has 1 unspecified atom stereocenters. The second-order valence-electron chi connectivity index (χ2n) is 5.16. The van der Waals surface area contributed by atoms with Gasteiger partial charge in [-0.15, -0.1) is 16.9 Å². The molecule has 3 aromatic rings.